The van der Waals surface area contributed by atoms with Crippen molar-refractivity contribution in [3.8, 4) is 11.5 Å². The first-order valence-electron chi connectivity index (χ1n) is 6.96. The molecule has 112 valence electrons. The highest BCUT2D eigenvalue weighted by Gasteiger charge is 2.17. The van der Waals surface area contributed by atoms with Gasteiger partial charge < -0.3 is 19.9 Å². The molecule has 0 bridgehead atoms. The van der Waals surface area contributed by atoms with Crippen LogP contribution in [0.1, 0.15) is 19.4 Å². The van der Waals surface area contributed by atoms with Gasteiger partial charge in [-0.25, -0.2) is 0 Å². The molecule has 0 saturated heterocycles. The molecule has 1 heterocycles. The van der Waals surface area contributed by atoms with Gasteiger partial charge in [-0.15, -0.1) is 11.8 Å². The van der Waals surface area contributed by atoms with E-state index in [9.17, 15) is 5.11 Å². The topological polar surface area (TPSA) is 50.7 Å². The number of hydrogen-bond acceptors (Lipinski definition) is 5. The fourth-order valence-electron chi connectivity index (χ4n) is 2.19. The van der Waals surface area contributed by atoms with Crippen LogP contribution in [0.4, 0.5) is 0 Å². The number of aliphatic hydroxyl groups is 1. The van der Waals surface area contributed by atoms with E-state index in [0.29, 0.717) is 19.1 Å². The van der Waals surface area contributed by atoms with Crippen molar-refractivity contribution in [3.63, 3.8) is 0 Å². The monoisotopic (exact) mass is 297 g/mol. The summed E-state index contributed by atoms with van der Waals surface area (Å²) in [7, 11) is 0. The van der Waals surface area contributed by atoms with E-state index >= 15 is 0 Å². The standard InChI is InChI=1S/C15H23NO3S/c1-10(2)12(9-17)16-8-11-6-13-14(7-15(11)20-3)19-5-4-18-13/h6-7,10,12,16-17H,4-5,8-9H2,1-3H3/t12-/m1/s1. The maximum atomic E-state index is 9.38. The maximum absolute atomic E-state index is 9.38. The van der Waals surface area contributed by atoms with Gasteiger partial charge in [-0.3, -0.25) is 0 Å². The average Bonchev–Trinajstić information content (AvgIpc) is 2.46. The molecule has 4 nitrogen and oxygen atoms in total. The Morgan fingerprint density at radius 1 is 1.25 bits per heavy atom. The Hall–Kier alpha value is -0.910. The number of ether oxygens (including phenoxy) is 2. The molecule has 1 aliphatic heterocycles. The Labute approximate surface area is 124 Å². The van der Waals surface area contributed by atoms with E-state index in [1.165, 1.54) is 10.5 Å². The van der Waals surface area contributed by atoms with Crippen molar-refractivity contribution in [1.29, 1.82) is 0 Å². The van der Waals surface area contributed by atoms with Crippen LogP contribution in [0.15, 0.2) is 17.0 Å². The summed E-state index contributed by atoms with van der Waals surface area (Å²) in [6.45, 7) is 6.29. The van der Waals surface area contributed by atoms with Crippen molar-refractivity contribution >= 4 is 11.8 Å². The van der Waals surface area contributed by atoms with Crippen molar-refractivity contribution in [2.45, 2.75) is 31.3 Å². The first-order valence-corrected chi connectivity index (χ1v) is 8.19. The minimum absolute atomic E-state index is 0.109. The third kappa shape index (κ3) is 3.59. The van der Waals surface area contributed by atoms with Crippen molar-refractivity contribution in [2.75, 3.05) is 26.1 Å². The zero-order valence-electron chi connectivity index (χ0n) is 12.3. The van der Waals surface area contributed by atoms with E-state index in [4.69, 9.17) is 9.47 Å². The van der Waals surface area contributed by atoms with E-state index < -0.39 is 0 Å². The van der Waals surface area contributed by atoms with Gasteiger partial charge in [0.05, 0.1) is 6.61 Å². The number of rotatable bonds is 6. The van der Waals surface area contributed by atoms with Gasteiger partial charge in [-0.2, -0.15) is 0 Å². The minimum atomic E-state index is 0.109. The lowest BCUT2D eigenvalue weighted by Gasteiger charge is -2.23. The van der Waals surface area contributed by atoms with Crippen LogP contribution < -0.4 is 14.8 Å². The molecular formula is C15H23NO3S. The summed E-state index contributed by atoms with van der Waals surface area (Å²) >= 11 is 1.70. The second-order valence-electron chi connectivity index (χ2n) is 5.22. The molecule has 2 rings (SSSR count). The van der Waals surface area contributed by atoms with E-state index in [1.54, 1.807) is 11.8 Å². The highest BCUT2D eigenvalue weighted by Crippen LogP contribution is 2.36. The molecule has 0 fully saturated rings. The third-order valence-electron chi connectivity index (χ3n) is 3.50. The van der Waals surface area contributed by atoms with Gasteiger partial charge in [0.2, 0.25) is 0 Å². The summed E-state index contributed by atoms with van der Waals surface area (Å²) in [5, 5.41) is 12.8. The van der Waals surface area contributed by atoms with Gasteiger partial charge in [0.15, 0.2) is 11.5 Å². The first kappa shape index (κ1) is 15.5. The van der Waals surface area contributed by atoms with Crippen LogP contribution in [0.25, 0.3) is 0 Å². The summed E-state index contributed by atoms with van der Waals surface area (Å²) in [5.74, 6) is 2.04. The van der Waals surface area contributed by atoms with Crippen LogP contribution in [0.2, 0.25) is 0 Å². The van der Waals surface area contributed by atoms with E-state index in [0.717, 1.165) is 18.0 Å². The molecule has 1 aliphatic rings. The van der Waals surface area contributed by atoms with Gasteiger partial charge in [-0.1, -0.05) is 13.8 Å². The third-order valence-corrected chi connectivity index (χ3v) is 4.32. The maximum Gasteiger partial charge on any atom is 0.162 e. The van der Waals surface area contributed by atoms with Crippen molar-refractivity contribution in [3.05, 3.63) is 17.7 Å². The Morgan fingerprint density at radius 2 is 1.90 bits per heavy atom. The molecule has 0 saturated carbocycles. The lowest BCUT2D eigenvalue weighted by molar-refractivity contribution is 0.170. The van der Waals surface area contributed by atoms with Crippen molar-refractivity contribution in [1.82, 2.24) is 5.32 Å². The van der Waals surface area contributed by atoms with Crippen LogP contribution >= 0.6 is 11.8 Å². The van der Waals surface area contributed by atoms with Crippen LogP contribution in [0, 0.1) is 5.92 Å². The van der Waals surface area contributed by atoms with Gasteiger partial charge >= 0.3 is 0 Å². The summed E-state index contributed by atoms with van der Waals surface area (Å²) in [4.78, 5) is 1.18. The molecule has 0 amide bonds. The lowest BCUT2D eigenvalue weighted by Crippen LogP contribution is -2.36. The summed E-state index contributed by atoms with van der Waals surface area (Å²) in [6.07, 6.45) is 2.06. The van der Waals surface area contributed by atoms with Crippen LogP contribution in [0.3, 0.4) is 0 Å². The van der Waals surface area contributed by atoms with Gasteiger partial charge in [0, 0.05) is 17.5 Å². The Bertz CT molecular complexity index is 451. The molecule has 0 unspecified atom stereocenters. The predicted octanol–water partition coefficient (Wildman–Crippen LogP) is 2.29. The Kier molecular flexibility index (Phi) is 5.57. The van der Waals surface area contributed by atoms with Crippen molar-refractivity contribution < 1.29 is 14.6 Å². The Balaban J connectivity index is 2.13. The largest absolute Gasteiger partial charge is 0.486 e. The predicted molar refractivity (Wildman–Crippen MR) is 81.8 cm³/mol. The molecule has 2 N–H and O–H groups in total. The van der Waals surface area contributed by atoms with Crippen LogP contribution in [0.5, 0.6) is 11.5 Å². The number of benzene rings is 1. The van der Waals surface area contributed by atoms with Gasteiger partial charge in [-0.05, 0) is 29.9 Å². The highest BCUT2D eigenvalue weighted by atomic mass is 32.2. The smallest absolute Gasteiger partial charge is 0.162 e. The van der Waals surface area contributed by atoms with Crippen LogP contribution in [-0.4, -0.2) is 37.2 Å². The van der Waals surface area contributed by atoms with E-state index in [-0.39, 0.29) is 12.6 Å². The van der Waals surface area contributed by atoms with E-state index in [1.807, 2.05) is 12.1 Å². The fourth-order valence-corrected chi connectivity index (χ4v) is 2.81. The van der Waals surface area contributed by atoms with E-state index in [2.05, 4.69) is 25.4 Å². The molecule has 1 aromatic rings. The normalized spacial score (nSPS) is 15.4. The summed E-state index contributed by atoms with van der Waals surface area (Å²) in [5.41, 5.74) is 1.18. The first-order chi connectivity index (χ1) is 9.65. The second kappa shape index (κ2) is 7.20. The number of hydrogen-bond donors (Lipinski definition) is 2. The molecule has 0 aromatic heterocycles. The van der Waals surface area contributed by atoms with Gasteiger partial charge in [0.1, 0.15) is 13.2 Å². The molecule has 0 radical (unpaired) electrons. The molecule has 0 aliphatic carbocycles. The molecule has 5 heteroatoms. The highest BCUT2D eigenvalue weighted by molar-refractivity contribution is 7.98. The second-order valence-corrected chi connectivity index (χ2v) is 6.07. The number of fused-ring (bicyclic) bond motifs is 1. The average molecular weight is 297 g/mol. The molecule has 20 heavy (non-hydrogen) atoms. The zero-order chi connectivity index (χ0) is 14.5. The summed E-state index contributed by atoms with van der Waals surface area (Å²) in [6, 6.07) is 4.19. The van der Waals surface area contributed by atoms with Crippen LogP contribution in [-0.2, 0) is 6.54 Å². The molecule has 1 aromatic carbocycles. The quantitative estimate of drug-likeness (QED) is 0.789. The SMILES string of the molecule is CSc1cc2c(cc1CN[C@H](CO)C(C)C)OCCO2. The molecule has 0 spiro atoms. The van der Waals surface area contributed by atoms with Gasteiger partial charge in [0.25, 0.3) is 0 Å². The number of aliphatic hydroxyl groups excluding tert-OH is 1. The summed E-state index contributed by atoms with van der Waals surface area (Å²) < 4.78 is 11.2. The lowest BCUT2D eigenvalue weighted by atomic mass is 10.0. The molecular weight excluding hydrogens is 274 g/mol. The zero-order valence-corrected chi connectivity index (χ0v) is 13.1. The number of nitrogens with one attached hydrogen (secondary N) is 1. The molecule has 1 atom stereocenters. The van der Waals surface area contributed by atoms with Crippen molar-refractivity contribution in [2.24, 2.45) is 5.92 Å². The fraction of sp³-hybridized carbons (Fsp3) is 0.600. The minimum Gasteiger partial charge on any atom is -0.486 e. The Morgan fingerprint density at radius 3 is 2.45 bits per heavy atom. The number of thioether (sulfide) groups is 1.